The Morgan fingerprint density at radius 2 is 2.15 bits per heavy atom. The molecule has 0 spiro atoms. The van der Waals surface area contributed by atoms with E-state index in [1.807, 2.05) is 12.4 Å². The lowest BCUT2D eigenvalue weighted by atomic mass is 10.00. The fourth-order valence-corrected chi connectivity index (χ4v) is 2.60. The number of nitrogens with zero attached hydrogens (tertiary/aromatic N) is 5. The highest BCUT2D eigenvalue weighted by molar-refractivity contribution is 5.40. The Bertz CT molecular complexity index is 654. The summed E-state index contributed by atoms with van der Waals surface area (Å²) < 4.78 is 3.71. The Kier molecular flexibility index (Phi) is 3.30. The Balaban J connectivity index is 1.61. The van der Waals surface area contributed by atoms with Gasteiger partial charge in [0.05, 0.1) is 6.33 Å². The fourth-order valence-electron chi connectivity index (χ4n) is 2.60. The molecule has 20 heavy (non-hydrogen) atoms. The molecular weight excluding hydrogens is 254 g/mol. The zero-order valence-corrected chi connectivity index (χ0v) is 11.9. The fraction of sp³-hybridized carbons (Fsp3) is 0.500. The van der Waals surface area contributed by atoms with Crippen LogP contribution in [0.15, 0.2) is 29.6 Å². The normalized spacial score (nSPS) is 15.4. The summed E-state index contributed by atoms with van der Waals surface area (Å²) in [6.07, 6.45) is 6.44. The van der Waals surface area contributed by atoms with Crippen molar-refractivity contribution in [3.63, 3.8) is 0 Å². The van der Waals surface area contributed by atoms with E-state index in [1.165, 1.54) is 4.57 Å². The first-order chi connectivity index (χ1) is 9.67. The average Bonchev–Trinajstić information content (AvgIpc) is 2.84. The second kappa shape index (κ2) is 5.11. The van der Waals surface area contributed by atoms with Crippen molar-refractivity contribution >= 4 is 5.82 Å². The standard InChI is InChI=1S/C14H19N5O/c1-3-12-15-4-5-18(12)7-11-8-19(9-11)13-6-14(20)17(2)10-16-13/h4-6,10-11H,3,7-9H2,1-2H3. The van der Waals surface area contributed by atoms with Crippen LogP contribution < -0.4 is 10.5 Å². The summed E-state index contributed by atoms with van der Waals surface area (Å²) in [4.78, 5) is 22.4. The van der Waals surface area contributed by atoms with Crippen LogP contribution in [0.4, 0.5) is 5.82 Å². The molecule has 0 unspecified atom stereocenters. The largest absolute Gasteiger partial charge is 0.356 e. The van der Waals surface area contributed by atoms with E-state index in [-0.39, 0.29) is 5.56 Å². The lowest BCUT2D eigenvalue weighted by Crippen LogP contribution is -2.49. The molecule has 106 valence electrons. The van der Waals surface area contributed by atoms with Gasteiger partial charge in [0.2, 0.25) is 0 Å². The average molecular weight is 273 g/mol. The van der Waals surface area contributed by atoms with Gasteiger partial charge in [0, 0.05) is 57.5 Å². The number of hydrogen-bond donors (Lipinski definition) is 0. The predicted molar refractivity (Wildman–Crippen MR) is 76.8 cm³/mol. The molecule has 0 N–H and O–H groups in total. The third-order valence-corrected chi connectivity index (χ3v) is 3.82. The van der Waals surface area contributed by atoms with Gasteiger partial charge < -0.3 is 14.0 Å². The second-order valence-corrected chi connectivity index (χ2v) is 5.32. The van der Waals surface area contributed by atoms with Crippen LogP contribution >= 0.6 is 0 Å². The maximum atomic E-state index is 11.6. The molecule has 2 aromatic heterocycles. The van der Waals surface area contributed by atoms with Crippen LogP contribution in [-0.4, -0.2) is 32.2 Å². The molecule has 3 rings (SSSR count). The van der Waals surface area contributed by atoms with Gasteiger partial charge in [-0.05, 0) is 0 Å². The van der Waals surface area contributed by atoms with E-state index < -0.39 is 0 Å². The third-order valence-electron chi connectivity index (χ3n) is 3.82. The monoisotopic (exact) mass is 273 g/mol. The Morgan fingerprint density at radius 3 is 2.85 bits per heavy atom. The maximum absolute atomic E-state index is 11.6. The number of aromatic nitrogens is 4. The summed E-state index contributed by atoms with van der Waals surface area (Å²) >= 11 is 0. The molecule has 1 saturated heterocycles. The molecule has 2 aromatic rings. The van der Waals surface area contributed by atoms with Gasteiger partial charge in [-0.1, -0.05) is 6.92 Å². The Labute approximate surface area is 117 Å². The molecule has 0 aromatic carbocycles. The first kappa shape index (κ1) is 12.9. The third kappa shape index (κ3) is 2.33. The predicted octanol–water partition coefficient (Wildman–Crippen LogP) is 0.676. The Morgan fingerprint density at radius 1 is 1.35 bits per heavy atom. The van der Waals surface area contributed by atoms with E-state index in [9.17, 15) is 4.79 Å². The summed E-state index contributed by atoms with van der Waals surface area (Å²) in [5.41, 5.74) is -0.0127. The van der Waals surface area contributed by atoms with Gasteiger partial charge in [-0.3, -0.25) is 4.79 Å². The molecule has 1 aliphatic rings. The summed E-state index contributed by atoms with van der Waals surface area (Å²) in [7, 11) is 1.71. The molecule has 0 atom stereocenters. The van der Waals surface area contributed by atoms with Gasteiger partial charge in [0.15, 0.2) is 0 Å². The number of imidazole rings is 1. The molecule has 0 amide bonds. The van der Waals surface area contributed by atoms with E-state index in [0.717, 1.165) is 37.7 Å². The summed E-state index contributed by atoms with van der Waals surface area (Å²) in [6, 6.07) is 1.60. The summed E-state index contributed by atoms with van der Waals surface area (Å²) in [5, 5.41) is 0. The van der Waals surface area contributed by atoms with Gasteiger partial charge in [0.1, 0.15) is 11.6 Å². The highest BCUT2D eigenvalue weighted by Crippen LogP contribution is 2.23. The molecule has 0 radical (unpaired) electrons. The molecule has 3 heterocycles. The first-order valence-electron chi connectivity index (χ1n) is 6.95. The van der Waals surface area contributed by atoms with Crippen molar-refractivity contribution in [3.8, 4) is 0 Å². The topological polar surface area (TPSA) is 56.0 Å². The van der Waals surface area contributed by atoms with Crippen LogP contribution in [0.3, 0.4) is 0 Å². The number of anilines is 1. The van der Waals surface area contributed by atoms with Gasteiger partial charge in [-0.15, -0.1) is 0 Å². The second-order valence-electron chi connectivity index (χ2n) is 5.32. The van der Waals surface area contributed by atoms with E-state index in [1.54, 1.807) is 19.4 Å². The van der Waals surface area contributed by atoms with E-state index in [2.05, 4.69) is 26.4 Å². The minimum atomic E-state index is -0.0127. The smallest absolute Gasteiger partial charge is 0.255 e. The minimum absolute atomic E-state index is 0.0127. The zero-order valence-electron chi connectivity index (χ0n) is 11.9. The van der Waals surface area contributed by atoms with Crippen molar-refractivity contribution < 1.29 is 0 Å². The minimum Gasteiger partial charge on any atom is -0.356 e. The lowest BCUT2D eigenvalue weighted by Gasteiger charge is -2.40. The molecular formula is C14H19N5O. The van der Waals surface area contributed by atoms with Gasteiger partial charge in [0.25, 0.3) is 5.56 Å². The molecule has 1 aliphatic heterocycles. The number of hydrogen-bond acceptors (Lipinski definition) is 4. The van der Waals surface area contributed by atoms with Gasteiger partial charge >= 0.3 is 0 Å². The summed E-state index contributed by atoms with van der Waals surface area (Å²) in [6.45, 7) is 5.00. The lowest BCUT2D eigenvalue weighted by molar-refractivity contribution is 0.350. The SMILES string of the molecule is CCc1nccn1CC1CN(c2cc(=O)n(C)cn2)C1. The van der Waals surface area contributed by atoms with Crippen LogP contribution in [0.25, 0.3) is 0 Å². The van der Waals surface area contributed by atoms with Crippen LogP contribution in [0.1, 0.15) is 12.7 Å². The maximum Gasteiger partial charge on any atom is 0.255 e. The molecule has 0 bridgehead atoms. The zero-order chi connectivity index (χ0) is 14.1. The first-order valence-corrected chi connectivity index (χ1v) is 6.95. The Hall–Kier alpha value is -2.11. The quantitative estimate of drug-likeness (QED) is 0.822. The van der Waals surface area contributed by atoms with Crippen molar-refractivity contribution in [1.82, 2.24) is 19.1 Å². The van der Waals surface area contributed by atoms with E-state index in [4.69, 9.17) is 0 Å². The van der Waals surface area contributed by atoms with Crippen molar-refractivity contribution in [1.29, 1.82) is 0 Å². The molecule has 6 heteroatoms. The molecule has 6 nitrogen and oxygen atoms in total. The van der Waals surface area contributed by atoms with Gasteiger partial charge in [-0.2, -0.15) is 0 Å². The highest BCUT2D eigenvalue weighted by Gasteiger charge is 2.28. The number of aryl methyl sites for hydroxylation is 2. The van der Waals surface area contributed by atoms with Crippen LogP contribution in [-0.2, 0) is 20.0 Å². The van der Waals surface area contributed by atoms with Crippen molar-refractivity contribution in [2.45, 2.75) is 19.9 Å². The van der Waals surface area contributed by atoms with Gasteiger partial charge in [-0.25, -0.2) is 9.97 Å². The van der Waals surface area contributed by atoms with Crippen LogP contribution in [0, 0.1) is 5.92 Å². The molecule has 1 fully saturated rings. The number of rotatable bonds is 4. The van der Waals surface area contributed by atoms with Crippen molar-refractivity contribution in [2.75, 3.05) is 18.0 Å². The highest BCUT2D eigenvalue weighted by atomic mass is 16.1. The van der Waals surface area contributed by atoms with Crippen LogP contribution in [0.5, 0.6) is 0 Å². The molecule has 0 aliphatic carbocycles. The van der Waals surface area contributed by atoms with Crippen molar-refractivity contribution in [2.24, 2.45) is 13.0 Å². The van der Waals surface area contributed by atoms with E-state index >= 15 is 0 Å². The van der Waals surface area contributed by atoms with E-state index in [0.29, 0.717) is 5.92 Å². The molecule has 0 saturated carbocycles. The van der Waals surface area contributed by atoms with Crippen molar-refractivity contribution in [3.05, 3.63) is 41.0 Å². The van der Waals surface area contributed by atoms with Crippen LogP contribution in [0.2, 0.25) is 0 Å². The summed E-state index contributed by atoms with van der Waals surface area (Å²) in [5.74, 6) is 2.52.